The fourth-order valence-corrected chi connectivity index (χ4v) is 6.10. The van der Waals surface area contributed by atoms with Crippen molar-refractivity contribution in [3.63, 3.8) is 0 Å². The quantitative estimate of drug-likeness (QED) is 0.716. The van der Waals surface area contributed by atoms with Gasteiger partial charge in [-0.05, 0) is 42.2 Å². The van der Waals surface area contributed by atoms with Crippen LogP contribution in [0.2, 0.25) is 0 Å². The van der Waals surface area contributed by atoms with Gasteiger partial charge in [0.15, 0.2) is 9.84 Å². The van der Waals surface area contributed by atoms with Gasteiger partial charge in [-0.3, -0.25) is 5.32 Å². The van der Waals surface area contributed by atoms with Gasteiger partial charge >= 0.3 is 0 Å². The number of nitrogens with one attached hydrogen (secondary N) is 1. The van der Waals surface area contributed by atoms with Crippen LogP contribution in [0.3, 0.4) is 0 Å². The highest BCUT2D eigenvalue weighted by Gasteiger charge is 2.41. The summed E-state index contributed by atoms with van der Waals surface area (Å²) >= 11 is 0. The van der Waals surface area contributed by atoms with Crippen LogP contribution in [0, 0.1) is 0 Å². The average molecular weight is 424 g/mol. The van der Waals surface area contributed by atoms with Gasteiger partial charge in [0.2, 0.25) is 0 Å². The lowest BCUT2D eigenvalue weighted by molar-refractivity contribution is 0.294. The maximum Gasteiger partial charge on any atom is 0.180 e. The second-order valence-corrected chi connectivity index (χ2v) is 9.35. The van der Waals surface area contributed by atoms with Gasteiger partial charge in [0.1, 0.15) is 5.75 Å². The van der Waals surface area contributed by atoms with E-state index in [0.29, 0.717) is 10.6 Å². The van der Waals surface area contributed by atoms with E-state index in [4.69, 9.17) is 4.74 Å². The van der Waals surface area contributed by atoms with E-state index in [1.54, 1.807) is 19.2 Å². The lowest BCUT2D eigenvalue weighted by Gasteiger charge is -2.36. The van der Waals surface area contributed by atoms with Crippen molar-refractivity contribution in [2.75, 3.05) is 12.9 Å². The first kappa shape index (κ1) is 22.7. The van der Waals surface area contributed by atoms with Crippen LogP contribution in [-0.2, 0) is 9.84 Å². The van der Waals surface area contributed by atoms with Gasteiger partial charge in [-0.15, -0.1) is 12.4 Å². The molecule has 2 aromatic carbocycles. The third-order valence-electron chi connectivity index (χ3n) is 5.60. The van der Waals surface area contributed by atoms with E-state index in [-0.39, 0.29) is 24.2 Å². The van der Waals surface area contributed by atoms with Gasteiger partial charge in [0.05, 0.1) is 23.8 Å². The zero-order chi connectivity index (χ0) is 19.5. The van der Waals surface area contributed by atoms with Crippen LogP contribution in [0.1, 0.15) is 56.7 Å². The molecule has 1 aliphatic heterocycles. The van der Waals surface area contributed by atoms with Crippen molar-refractivity contribution in [3.05, 3.63) is 59.7 Å². The number of methoxy groups -OCH3 is 1. The summed E-state index contributed by atoms with van der Waals surface area (Å²) in [6.45, 7) is 4.22. The molecule has 1 aliphatic rings. The largest absolute Gasteiger partial charge is 0.497 e. The predicted octanol–water partition coefficient (Wildman–Crippen LogP) is 4.92. The van der Waals surface area contributed by atoms with Crippen molar-refractivity contribution in [2.24, 2.45) is 0 Å². The SMILES string of the molecule is CCCC[C@@]1(CC)CS(=O)(=O)c2ccc(OC)cc2[C@H](c2ccccc2)N1.Cl. The van der Waals surface area contributed by atoms with E-state index in [0.717, 1.165) is 36.8 Å². The molecule has 3 rings (SSSR count). The number of halogens is 1. The van der Waals surface area contributed by atoms with Gasteiger partial charge < -0.3 is 4.74 Å². The number of benzene rings is 2. The van der Waals surface area contributed by atoms with Crippen LogP contribution >= 0.6 is 12.4 Å². The van der Waals surface area contributed by atoms with Gasteiger partial charge in [-0.25, -0.2) is 8.42 Å². The summed E-state index contributed by atoms with van der Waals surface area (Å²) in [7, 11) is -1.81. The first-order valence-corrected chi connectivity index (χ1v) is 11.3. The molecular weight excluding hydrogens is 394 g/mol. The second kappa shape index (κ2) is 9.29. The van der Waals surface area contributed by atoms with Crippen LogP contribution in [0.5, 0.6) is 5.75 Å². The lowest BCUT2D eigenvalue weighted by Crippen LogP contribution is -2.50. The van der Waals surface area contributed by atoms with Crippen molar-refractivity contribution < 1.29 is 13.2 Å². The molecule has 1 N–H and O–H groups in total. The number of fused-ring (bicyclic) bond motifs is 1. The molecule has 0 saturated heterocycles. The van der Waals surface area contributed by atoms with E-state index < -0.39 is 15.4 Å². The Labute approximate surface area is 175 Å². The third kappa shape index (κ3) is 4.53. The maximum absolute atomic E-state index is 13.3. The Hall–Kier alpha value is -1.56. The smallest absolute Gasteiger partial charge is 0.180 e. The molecule has 0 radical (unpaired) electrons. The number of rotatable bonds is 6. The van der Waals surface area contributed by atoms with Crippen LogP contribution in [0.25, 0.3) is 0 Å². The van der Waals surface area contributed by atoms with Gasteiger partial charge in [0, 0.05) is 5.54 Å². The Morgan fingerprint density at radius 3 is 2.46 bits per heavy atom. The van der Waals surface area contributed by atoms with Crippen LogP contribution in [0.4, 0.5) is 0 Å². The topological polar surface area (TPSA) is 55.4 Å². The van der Waals surface area contributed by atoms with Crippen LogP contribution in [-0.4, -0.2) is 26.8 Å². The molecule has 1 heterocycles. The van der Waals surface area contributed by atoms with E-state index in [1.165, 1.54) is 0 Å². The molecule has 6 heteroatoms. The highest BCUT2D eigenvalue weighted by Crippen LogP contribution is 2.39. The maximum atomic E-state index is 13.3. The first-order valence-electron chi connectivity index (χ1n) is 9.68. The van der Waals surface area contributed by atoms with Crippen molar-refractivity contribution in [1.29, 1.82) is 0 Å². The highest BCUT2D eigenvalue weighted by atomic mass is 35.5. The average Bonchev–Trinajstić information content (AvgIpc) is 2.79. The van der Waals surface area contributed by atoms with Gasteiger partial charge in [-0.1, -0.05) is 57.0 Å². The van der Waals surface area contributed by atoms with Gasteiger partial charge in [0.25, 0.3) is 0 Å². The minimum Gasteiger partial charge on any atom is -0.497 e. The fourth-order valence-electron chi connectivity index (χ4n) is 3.98. The lowest BCUT2D eigenvalue weighted by atomic mass is 9.88. The molecule has 2 atom stereocenters. The minimum absolute atomic E-state index is 0. The monoisotopic (exact) mass is 423 g/mol. The number of unbranched alkanes of at least 4 members (excludes halogenated alkanes) is 1. The summed E-state index contributed by atoms with van der Waals surface area (Å²) in [5.74, 6) is 0.795. The molecule has 0 aromatic heterocycles. The molecule has 28 heavy (non-hydrogen) atoms. The Kier molecular flexibility index (Phi) is 7.54. The molecule has 0 aliphatic carbocycles. The fraction of sp³-hybridized carbons (Fsp3) is 0.455. The van der Waals surface area contributed by atoms with Gasteiger partial charge in [-0.2, -0.15) is 0 Å². The second-order valence-electron chi connectivity index (χ2n) is 7.39. The molecule has 0 fully saturated rings. The molecule has 0 unspecified atom stereocenters. The summed E-state index contributed by atoms with van der Waals surface area (Å²) < 4.78 is 32.0. The number of hydrogen-bond acceptors (Lipinski definition) is 4. The number of ether oxygens (including phenoxy) is 1. The minimum atomic E-state index is -3.41. The van der Waals surface area contributed by atoms with E-state index in [1.807, 2.05) is 24.3 Å². The molecule has 0 amide bonds. The van der Waals surface area contributed by atoms with E-state index in [2.05, 4.69) is 31.3 Å². The Morgan fingerprint density at radius 2 is 1.86 bits per heavy atom. The molecule has 2 aromatic rings. The van der Waals surface area contributed by atoms with Crippen molar-refractivity contribution in [3.8, 4) is 5.75 Å². The molecular formula is C22H30ClNO3S. The van der Waals surface area contributed by atoms with Crippen molar-refractivity contribution >= 4 is 22.2 Å². The summed E-state index contributed by atoms with van der Waals surface area (Å²) in [6, 6.07) is 15.2. The zero-order valence-corrected chi connectivity index (χ0v) is 18.4. The third-order valence-corrected chi connectivity index (χ3v) is 7.57. The zero-order valence-electron chi connectivity index (χ0n) is 16.8. The van der Waals surface area contributed by atoms with Crippen molar-refractivity contribution in [1.82, 2.24) is 5.32 Å². The summed E-state index contributed by atoms with van der Waals surface area (Å²) in [5, 5.41) is 3.76. The Bertz CT molecular complexity index is 886. The Morgan fingerprint density at radius 1 is 1.14 bits per heavy atom. The summed E-state index contributed by atoms with van der Waals surface area (Å²) in [5.41, 5.74) is 1.40. The van der Waals surface area contributed by atoms with Crippen LogP contribution in [0.15, 0.2) is 53.4 Å². The van der Waals surface area contributed by atoms with E-state index >= 15 is 0 Å². The molecule has 0 saturated carbocycles. The highest BCUT2D eigenvalue weighted by molar-refractivity contribution is 7.91. The standard InChI is InChI=1S/C22H29NO3S.ClH/c1-4-6-14-22(5-2)16-27(24,25)20-13-12-18(26-3)15-19(20)21(23-22)17-10-8-7-9-11-17;/h7-13,15,21,23H,4-6,14,16H2,1-3H3;1H/t21-,22-;/m0./s1. The van der Waals surface area contributed by atoms with Crippen LogP contribution < -0.4 is 10.1 Å². The molecule has 4 nitrogen and oxygen atoms in total. The summed E-state index contributed by atoms with van der Waals surface area (Å²) in [6.07, 6.45) is 3.65. The predicted molar refractivity (Wildman–Crippen MR) is 116 cm³/mol. The molecule has 154 valence electrons. The summed E-state index contributed by atoms with van der Waals surface area (Å²) in [4.78, 5) is 0.413. The first-order chi connectivity index (χ1) is 12.9. The normalized spacial score (nSPS) is 23.2. The molecule has 0 bridgehead atoms. The molecule has 0 spiro atoms. The van der Waals surface area contributed by atoms with E-state index in [9.17, 15) is 8.42 Å². The Balaban J connectivity index is 0.00000280. The number of hydrogen-bond donors (Lipinski definition) is 1. The van der Waals surface area contributed by atoms with Crippen molar-refractivity contribution in [2.45, 2.75) is 56.0 Å². The number of sulfone groups is 1.